The lowest BCUT2D eigenvalue weighted by molar-refractivity contribution is 0.548. The first-order valence-electron chi connectivity index (χ1n) is 7.84. The number of anilines is 1. The second-order valence-electron chi connectivity index (χ2n) is 5.77. The summed E-state index contributed by atoms with van der Waals surface area (Å²) in [6, 6.07) is 11.1. The molecule has 1 N–H and O–H groups in total. The van der Waals surface area contributed by atoms with Crippen LogP contribution >= 0.6 is 0 Å². The first kappa shape index (κ1) is 14.1. The molecule has 1 aliphatic rings. The highest BCUT2D eigenvalue weighted by molar-refractivity contribution is 5.44. The van der Waals surface area contributed by atoms with Crippen LogP contribution in [0.25, 0.3) is 0 Å². The molecule has 2 aromatic rings. The second kappa shape index (κ2) is 6.76. The average Bonchev–Trinajstić information content (AvgIpc) is 3.18. The summed E-state index contributed by atoms with van der Waals surface area (Å²) in [5.41, 5.74) is 2.62. The Hall–Kier alpha value is -1.81. The Morgan fingerprint density at radius 3 is 2.95 bits per heavy atom. The summed E-state index contributed by atoms with van der Waals surface area (Å²) in [5.74, 6) is 0. The SMILES string of the molecule is CN(CCCn1cncc1C1CCCN1)c1ccccc1. The third-order valence-electron chi connectivity index (χ3n) is 4.25. The van der Waals surface area contributed by atoms with E-state index in [1.54, 1.807) is 0 Å². The third kappa shape index (κ3) is 3.45. The first-order valence-corrected chi connectivity index (χ1v) is 7.84. The molecule has 2 heterocycles. The smallest absolute Gasteiger partial charge is 0.0948 e. The van der Waals surface area contributed by atoms with Crippen molar-refractivity contribution in [3.05, 3.63) is 48.5 Å². The molecule has 1 unspecified atom stereocenters. The minimum absolute atomic E-state index is 0.499. The molecular formula is C17H24N4. The summed E-state index contributed by atoms with van der Waals surface area (Å²) in [6.07, 6.45) is 7.62. The van der Waals surface area contributed by atoms with Gasteiger partial charge in [0.1, 0.15) is 0 Å². The summed E-state index contributed by atoms with van der Waals surface area (Å²) >= 11 is 0. The maximum atomic E-state index is 4.33. The minimum Gasteiger partial charge on any atom is -0.375 e. The zero-order valence-electron chi connectivity index (χ0n) is 12.7. The van der Waals surface area contributed by atoms with Gasteiger partial charge < -0.3 is 14.8 Å². The van der Waals surface area contributed by atoms with E-state index in [2.05, 4.69) is 57.1 Å². The predicted octanol–water partition coefficient (Wildman–Crippen LogP) is 2.83. The largest absolute Gasteiger partial charge is 0.375 e. The Kier molecular flexibility index (Phi) is 4.55. The van der Waals surface area contributed by atoms with Crippen molar-refractivity contribution in [3.63, 3.8) is 0 Å². The Labute approximate surface area is 126 Å². The van der Waals surface area contributed by atoms with Gasteiger partial charge in [-0.05, 0) is 37.9 Å². The Bertz CT molecular complexity index is 543. The van der Waals surface area contributed by atoms with Crippen LogP contribution in [-0.2, 0) is 6.54 Å². The van der Waals surface area contributed by atoms with Crippen molar-refractivity contribution in [3.8, 4) is 0 Å². The van der Waals surface area contributed by atoms with E-state index in [9.17, 15) is 0 Å². The molecule has 1 fully saturated rings. The van der Waals surface area contributed by atoms with Crippen molar-refractivity contribution in [2.24, 2.45) is 0 Å². The second-order valence-corrected chi connectivity index (χ2v) is 5.77. The van der Waals surface area contributed by atoms with Crippen molar-refractivity contribution < 1.29 is 0 Å². The number of hydrogen-bond donors (Lipinski definition) is 1. The van der Waals surface area contributed by atoms with Crippen LogP contribution in [0.1, 0.15) is 31.0 Å². The van der Waals surface area contributed by atoms with E-state index in [0.29, 0.717) is 6.04 Å². The standard InChI is InChI=1S/C17H24N4/c1-20(15-7-3-2-4-8-15)11-6-12-21-14-18-13-17(21)16-9-5-10-19-16/h2-4,7-8,13-14,16,19H,5-6,9-12H2,1H3. The van der Waals surface area contributed by atoms with Gasteiger partial charge in [0.05, 0.1) is 12.0 Å². The van der Waals surface area contributed by atoms with E-state index in [1.165, 1.54) is 24.2 Å². The monoisotopic (exact) mass is 284 g/mol. The van der Waals surface area contributed by atoms with Crippen molar-refractivity contribution in [1.82, 2.24) is 14.9 Å². The molecule has 0 saturated carbocycles. The van der Waals surface area contributed by atoms with Gasteiger partial charge in [0.2, 0.25) is 0 Å². The number of benzene rings is 1. The molecule has 0 spiro atoms. The fraction of sp³-hybridized carbons (Fsp3) is 0.471. The zero-order chi connectivity index (χ0) is 14.5. The van der Waals surface area contributed by atoms with Crippen LogP contribution < -0.4 is 10.2 Å². The van der Waals surface area contributed by atoms with Gasteiger partial charge in [0, 0.05) is 38.1 Å². The number of nitrogens with one attached hydrogen (secondary N) is 1. The van der Waals surface area contributed by atoms with E-state index >= 15 is 0 Å². The van der Waals surface area contributed by atoms with Crippen LogP contribution in [0.5, 0.6) is 0 Å². The highest BCUT2D eigenvalue weighted by Gasteiger charge is 2.19. The van der Waals surface area contributed by atoms with Gasteiger partial charge in [0.25, 0.3) is 0 Å². The number of nitrogens with zero attached hydrogens (tertiary/aromatic N) is 3. The molecule has 0 amide bonds. The van der Waals surface area contributed by atoms with Gasteiger partial charge >= 0.3 is 0 Å². The zero-order valence-corrected chi connectivity index (χ0v) is 12.7. The van der Waals surface area contributed by atoms with E-state index < -0.39 is 0 Å². The molecule has 1 aliphatic heterocycles. The lowest BCUT2D eigenvalue weighted by atomic mass is 10.2. The van der Waals surface area contributed by atoms with Crippen LogP contribution in [-0.4, -0.2) is 29.7 Å². The van der Waals surface area contributed by atoms with Crippen molar-refractivity contribution in [2.75, 3.05) is 25.0 Å². The van der Waals surface area contributed by atoms with Gasteiger partial charge in [-0.1, -0.05) is 18.2 Å². The van der Waals surface area contributed by atoms with E-state index in [0.717, 1.165) is 26.1 Å². The Balaban J connectivity index is 1.53. The van der Waals surface area contributed by atoms with Crippen LogP contribution in [0.15, 0.2) is 42.9 Å². The summed E-state index contributed by atoms with van der Waals surface area (Å²) < 4.78 is 2.31. The normalized spacial score (nSPS) is 18.0. The number of rotatable bonds is 6. The lowest BCUT2D eigenvalue weighted by Gasteiger charge is -2.20. The molecule has 4 nitrogen and oxygen atoms in total. The van der Waals surface area contributed by atoms with Gasteiger partial charge in [0.15, 0.2) is 0 Å². The fourth-order valence-corrected chi connectivity index (χ4v) is 3.03. The van der Waals surface area contributed by atoms with Gasteiger partial charge in [-0.25, -0.2) is 4.98 Å². The van der Waals surface area contributed by atoms with Crippen molar-refractivity contribution in [2.45, 2.75) is 31.8 Å². The average molecular weight is 284 g/mol. The molecule has 0 bridgehead atoms. The molecule has 1 saturated heterocycles. The van der Waals surface area contributed by atoms with Gasteiger partial charge in [-0.15, -0.1) is 0 Å². The minimum atomic E-state index is 0.499. The summed E-state index contributed by atoms with van der Waals surface area (Å²) in [5, 5.41) is 3.55. The lowest BCUT2D eigenvalue weighted by Crippen LogP contribution is -2.21. The van der Waals surface area contributed by atoms with Crippen LogP contribution in [0.2, 0.25) is 0 Å². The Morgan fingerprint density at radius 2 is 2.19 bits per heavy atom. The fourth-order valence-electron chi connectivity index (χ4n) is 3.03. The molecule has 1 aromatic carbocycles. The number of aromatic nitrogens is 2. The highest BCUT2D eigenvalue weighted by atomic mass is 15.1. The molecule has 4 heteroatoms. The topological polar surface area (TPSA) is 33.1 Å². The van der Waals surface area contributed by atoms with Crippen molar-refractivity contribution >= 4 is 5.69 Å². The van der Waals surface area contributed by atoms with Crippen LogP contribution in [0.4, 0.5) is 5.69 Å². The first-order chi connectivity index (χ1) is 10.3. The highest BCUT2D eigenvalue weighted by Crippen LogP contribution is 2.22. The predicted molar refractivity (Wildman–Crippen MR) is 86.5 cm³/mol. The third-order valence-corrected chi connectivity index (χ3v) is 4.25. The van der Waals surface area contributed by atoms with E-state index in [4.69, 9.17) is 0 Å². The van der Waals surface area contributed by atoms with Gasteiger partial charge in [-0.2, -0.15) is 0 Å². The molecule has 21 heavy (non-hydrogen) atoms. The van der Waals surface area contributed by atoms with E-state index in [1.807, 2.05) is 12.5 Å². The molecule has 0 aliphatic carbocycles. The number of hydrogen-bond acceptors (Lipinski definition) is 3. The quantitative estimate of drug-likeness (QED) is 0.885. The molecule has 112 valence electrons. The molecule has 1 atom stereocenters. The summed E-state index contributed by atoms with van der Waals surface area (Å²) in [6.45, 7) is 3.22. The summed E-state index contributed by atoms with van der Waals surface area (Å²) in [7, 11) is 2.16. The maximum Gasteiger partial charge on any atom is 0.0948 e. The van der Waals surface area contributed by atoms with Gasteiger partial charge in [-0.3, -0.25) is 0 Å². The number of imidazole rings is 1. The Morgan fingerprint density at radius 1 is 1.33 bits per heavy atom. The summed E-state index contributed by atoms with van der Waals surface area (Å²) in [4.78, 5) is 6.64. The van der Waals surface area contributed by atoms with E-state index in [-0.39, 0.29) is 0 Å². The molecular weight excluding hydrogens is 260 g/mol. The maximum absolute atomic E-state index is 4.33. The molecule has 0 radical (unpaired) electrons. The molecule has 3 rings (SSSR count). The number of para-hydroxylation sites is 1. The molecule has 1 aromatic heterocycles. The van der Waals surface area contributed by atoms with Crippen LogP contribution in [0, 0.1) is 0 Å². The van der Waals surface area contributed by atoms with Crippen LogP contribution in [0.3, 0.4) is 0 Å². The number of aryl methyl sites for hydroxylation is 1. The van der Waals surface area contributed by atoms with Crippen molar-refractivity contribution in [1.29, 1.82) is 0 Å².